The number of carbonyl (C=O) groups excluding carboxylic acids is 1. The van der Waals surface area contributed by atoms with Crippen LogP contribution in [-0.2, 0) is 17.1 Å². The van der Waals surface area contributed by atoms with Gasteiger partial charge < -0.3 is 14.4 Å². The van der Waals surface area contributed by atoms with Crippen LogP contribution < -0.4 is 0 Å². The minimum atomic E-state index is -3.48. The molecule has 3 heterocycles. The standard InChI is InChI=1S/C16H26N4O3S/c1-3-18-8-10-19(11-9-18)16(21)15-12-14(13-17(15)2)24(22,23)20-6-4-5-7-20/h12-13H,3-11H2,1-2H3. The highest BCUT2D eigenvalue weighted by Crippen LogP contribution is 2.23. The molecular formula is C16H26N4O3S. The highest BCUT2D eigenvalue weighted by atomic mass is 32.2. The van der Waals surface area contributed by atoms with Crippen molar-refractivity contribution in [3.05, 3.63) is 18.0 Å². The molecule has 1 amide bonds. The van der Waals surface area contributed by atoms with Gasteiger partial charge in [-0.1, -0.05) is 6.92 Å². The van der Waals surface area contributed by atoms with Gasteiger partial charge in [-0.05, 0) is 25.5 Å². The van der Waals surface area contributed by atoms with Crippen LogP contribution in [0.25, 0.3) is 0 Å². The molecule has 0 saturated carbocycles. The van der Waals surface area contributed by atoms with Crippen molar-refractivity contribution < 1.29 is 13.2 Å². The number of likely N-dealkylation sites (N-methyl/N-ethyl adjacent to an activating group) is 1. The van der Waals surface area contributed by atoms with Crippen molar-refractivity contribution >= 4 is 15.9 Å². The summed E-state index contributed by atoms with van der Waals surface area (Å²) in [5, 5.41) is 0. The first kappa shape index (κ1) is 17.4. The first-order valence-corrected chi connectivity index (χ1v) is 10.1. The van der Waals surface area contributed by atoms with Crippen LogP contribution in [0.3, 0.4) is 0 Å². The number of aromatic nitrogens is 1. The first-order chi connectivity index (χ1) is 11.4. The van der Waals surface area contributed by atoms with Crippen molar-refractivity contribution in [1.29, 1.82) is 0 Å². The fourth-order valence-corrected chi connectivity index (χ4v) is 4.98. The van der Waals surface area contributed by atoms with E-state index in [0.717, 1.165) is 32.5 Å². The third kappa shape index (κ3) is 3.22. The zero-order chi connectivity index (χ0) is 17.3. The van der Waals surface area contributed by atoms with Crippen LogP contribution in [0.2, 0.25) is 0 Å². The molecule has 2 saturated heterocycles. The number of nitrogens with zero attached hydrogens (tertiary/aromatic N) is 4. The number of hydrogen-bond acceptors (Lipinski definition) is 4. The second-order valence-corrected chi connectivity index (χ2v) is 8.45. The number of rotatable bonds is 4. The van der Waals surface area contributed by atoms with Gasteiger partial charge in [0.25, 0.3) is 5.91 Å². The van der Waals surface area contributed by atoms with E-state index in [9.17, 15) is 13.2 Å². The van der Waals surface area contributed by atoms with Gasteiger partial charge >= 0.3 is 0 Å². The zero-order valence-electron chi connectivity index (χ0n) is 14.4. The van der Waals surface area contributed by atoms with Gasteiger partial charge in [0.2, 0.25) is 10.0 Å². The summed E-state index contributed by atoms with van der Waals surface area (Å²) in [4.78, 5) is 17.1. The molecule has 2 fully saturated rings. The summed E-state index contributed by atoms with van der Waals surface area (Å²) in [6.07, 6.45) is 3.36. The van der Waals surface area contributed by atoms with Crippen LogP contribution in [-0.4, -0.2) is 78.8 Å². The average molecular weight is 354 g/mol. The summed E-state index contributed by atoms with van der Waals surface area (Å²) in [6, 6.07) is 1.53. The Labute approximate surface area is 143 Å². The third-order valence-corrected chi connectivity index (χ3v) is 6.87. The number of hydrogen-bond donors (Lipinski definition) is 0. The lowest BCUT2D eigenvalue weighted by Crippen LogP contribution is -2.48. The molecule has 0 aliphatic carbocycles. The highest BCUT2D eigenvalue weighted by Gasteiger charge is 2.30. The van der Waals surface area contributed by atoms with Crippen LogP contribution in [0.5, 0.6) is 0 Å². The molecule has 0 radical (unpaired) electrons. The van der Waals surface area contributed by atoms with Gasteiger partial charge in [0.05, 0.1) is 0 Å². The van der Waals surface area contributed by atoms with Crippen LogP contribution in [0.1, 0.15) is 30.3 Å². The molecule has 0 N–H and O–H groups in total. The molecule has 0 spiro atoms. The van der Waals surface area contributed by atoms with Crippen LogP contribution in [0, 0.1) is 0 Å². The molecule has 0 bridgehead atoms. The fourth-order valence-electron chi connectivity index (χ4n) is 3.39. The summed E-state index contributed by atoms with van der Waals surface area (Å²) in [5.74, 6) is -0.0869. The molecule has 134 valence electrons. The van der Waals surface area contributed by atoms with Crippen LogP contribution >= 0.6 is 0 Å². The summed E-state index contributed by atoms with van der Waals surface area (Å²) in [6.45, 7) is 7.35. The molecule has 1 aromatic rings. The van der Waals surface area contributed by atoms with E-state index in [1.54, 1.807) is 17.8 Å². The minimum Gasteiger partial charge on any atom is -0.345 e. The van der Waals surface area contributed by atoms with Crippen LogP contribution in [0.4, 0.5) is 0 Å². The predicted molar refractivity (Wildman–Crippen MR) is 91.4 cm³/mol. The molecule has 3 rings (SSSR count). The van der Waals surface area contributed by atoms with Crippen molar-refractivity contribution in [3.8, 4) is 0 Å². The SMILES string of the molecule is CCN1CCN(C(=O)c2cc(S(=O)(=O)N3CCCC3)cn2C)CC1. The van der Waals surface area contributed by atoms with Gasteiger partial charge in [0.1, 0.15) is 10.6 Å². The molecule has 24 heavy (non-hydrogen) atoms. The minimum absolute atomic E-state index is 0.0869. The first-order valence-electron chi connectivity index (χ1n) is 8.61. The number of piperazine rings is 1. The van der Waals surface area contributed by atoms with Gasteiger partial charge in [-0.3, -0.25) is 4.79 Å². The largest absolute Gasteiger partial charge is 0.345 e. The lowest BCUT2D eigenvalue weighted by molar-refractivity contribution is 0.0634. The Morgan fingerprint density at radius 2 is 1.71 bits per heavy atom. The molecule has 2 aliphatic rings. The highest BCUT2D eigenvalue weighted by molar-refractivity contribution is 7.89. The maximum atomic E-state index is 12.8. The number of carbonyl (C=O) groups is 1. The van der Waals surface area contributed by atoms with Gasteiger partial charge in [-0.25, -0.2) is 8.42 Å². The Kier molecular flexibility index (Phi) is 4.98. The normalized spacial score (nSPS) is 20.7. The van der Waals surface area contributed by atoms with E-state index in [1.807, 2.05) is 4.90 Å². The van der Waals surface area contributed by atoms with E-state index in [-0.39, 0.29) is 10.8 Å². The van der Waals surface area contributed by atoms with Crippen molar-refractivity contribution in [2.24, 2.45) is 7.05 Å². The Hall–Kier alpha value is -1.38. The summed E-state index contributed by atoms with van der Waals surface area (Å²) in [7, 11) is -1.75. The summed E-state index contributed by atoms with van der Waals surface area (Å²) < 4.78 is 28.5. The van der Waals surface area contributed by atoms with E-state index < -0.39 is 10.0 Å². The van der Waals surface area contributed by atoms with Crippen molar-refractivity contribution in [2.75, 3.05) is 45.8 Å². The molecule has 7 nitrogen and oxygen atoms in total. The van der Waals surface area contributed by atoms with Gasteiger partial charge in [-0.15, -0.1) is 0 Å². The topological polar surface area (TPSA) is 65.9 Å². The maximum Gasteiger partial charge on any atom is 0.270 e. The second-order valence-electron chi connectivity index (χ2n) is 6.51. The molecular weight excluding hydrogens is 328 g/mol. The van der Waals surface area contributed by atoms with Crippen molar-refractivity contribution in [1.82, 2.24) is 18.7 Å². The van der Waals surface area contributed by atoms with Crippen molar-refractivity contribution in [2.45, 2.75) is 24.7 Å². The molecule has 8 heteroatoms. The molecule has 1 aromatic heterocycles. The Balaban J connectivity index is 1.78. The summed E-state index contributed by atoms with van der Waals surface area (Å²) in [5.41, 5.74) is 0.442. The fraction of sp³-hybridized carbons (Fsp3) is 0.688. The average Bonchev–Trinajstić information content (AvgIpc) is 3.24. The van der Waals surface area contributed by atoms with E-state index in [2.05, 4.69) is 11.8 Å². The molecule has 2 aliphatic heterocycles. The van der Waals surface area contributed by atoms with E-state index in [1.165, 1.54) is 10.4 Å². The smallest absolute Gasteiger partial charge is 0.270 e. The van der Waals surface area contributed by atoms with Gasteiger partial charge in [0, 0.05) is 52.5 Å². The maximum absolute atomic E-state index is 12.8. The van der Waals surface area contributed by atoms with E-state index in [4.69, 9.17) is 0 Å². The molecule has 0 unspecified atom stereocenters. The van der Waals surface area contributed by atoms with E-state index >= 15 is 0 Å². The second kappa shape index (κ2) is 6.85. The number of aryl methyl sites for hydroxylation is 1. The van der Waals surface area contributed by atoms with Crippen LogP contribution in [0.15, 0.2) is 17.2 Å². The van der Waals surface area contributed by atoms with Crippen molar-refractivity contribution in [3.63, 3.8) is 0 Å². The molecule has 0 aromatic carbocycles. The third-order valence-electron chi connectivity index (χ3n) is 5.01. The lowest BCUT2D eigenvalue weighted by atomic mass is 10.3. The Morgan fingerprint density at radius 1 is 1.08 bits per heavy atom. The van der Waals surface area contributed by atoms with Gasteiger partial charge in [0.15, 0.2) is 0 Å². The van der Waals surface area contributed by atoms with Gasteiger partial charge in [-0.2, -0.15) is 4.31 Å². The number of sulfonamides is 1. The quantitative estimate of drug-likeness (QED) is 0.794. The predicted octanol–water partition coefficient (Wildman–Crippen LogP) is 0.587. The number of amides is 1. The van der Waals surface area contributed by atoms with E-state index in [0.29, 0.717) is 31.9 Å². The Morgan fingerprint density at radius 3 is 2.29 bits per heavy atom. The lowest BCUT2D eigenvalue weighted by Gasteiger charge is -2.34. The monoisotopic (exact) mass is 354 g/mol. The Bertz CT molecular complexity index is 699. The zero-order valence-corrected chi connectivity index (χ0v) is 15.3. The molecule has 0 atom stereocenters. The summed E-state index contributed by atoms with van der Waals surface area (Å²) >= 11 is 0.